The molecule has 1 aliphatic heterocycles. The maximum absolute atomic E-state index is 12.6. The third kappa shape index (κ3) is 4.58. The molecule has 4 rings (SSSR count). The van der Waals surface area contributed by atoms with Crippen molar-refractivity contribution in [3.05, 3.63) is 82.8 Å². The second kappa shape index (κ2) is 8.78. The first-order valence-corrected chi connectivity index (χ1v) is 10.1. The maximum Gasteiger partial charge on any atom is 0.229 e. The summed E-state index contributed by atoms with van der Waals surface area (Å²) in [5.41, 5.74) is 1.27. The normalized spacial score (nSPS) is 15.9. The maximum atomic E-state index is 12.6. The largest absolute Gasteiger partial charge is 0.457 e. The second-order valence-electron chi connectivity index (χ2n) is 6.93. The lowest BCUT2D eigenvalue weighted by molar-refractivity contribution is -0.122. The Kier molecular flexibility index (Phi) is 5.93. The molecular formula is C23H18Cl2N2O3. The van der Waals surface area contributed by atoms with Crippen molar-refractivity contribution in [2.45, 2.75) is 6.42 Å². The third-order valence-corrected chi connectivity index (χ3v) is 5.55. The van der Waals surface area contributed by atoms with Crippen molar-refractivity contribution in [3.8, 4) is 11.5 Å². The zero-order valence-electron chi connectivity index (χ0n) is 15.8. The molecule has 0 saturated carbocycles. The van der Waals surface area contributed by atoms with Crippen LogP contribution in [0.1, 0.15) is 6.42 Å². The molecule has 2 amide bonds. The van der Waals surface area contributed by atoms with Gasteiger partial charge in [-0.15, -0.1) is 0 Å². The molecule has 3 aromatic rings. The van der Waals surface area contributed by atoms with Crippen LogP contribution >= 0.6 is 23.2 Å². The molecule has 0 bridgehead atoms. The van der Waals surface area contributed by atoms with Gasteiger partial charge in [0.25, 0.3) is 0 Å². The molecule has 1 heterocycles. The van der Waals surface area contributed by atoms with E-state index in [1.54, 1.807) is 35.2 Å². The molecule has 1 aliphatic rings. The molecule has 0 aliphatic carbocycles. The van der Waals surface area contributed by atoms with Crippen molar-refractivity contribution < 1.29 is 14.3 Å². The van der Waals surface area contributed by atoms with E-state index in [0.717, 1.165) is 11.4 Å². The number of amides is 2. The predicted octanol–water partition coefficient (Wildman–Crippen LogP) is 5.78. The van der Waals surface area contributed by atoms with Crippen LogP contribution in [0.2, 0.25) is 10.0 Å². The molecule has 0 unspecified atom stereocenters. The van der Waals surface area contributed by atoms with Gasteiger partial charge in [0.1, 0.15) is 11.5 Å². The van der Waals surface area contributed by atoms with E-state index in [-0.39, 0.29) is 18.2 Å². The monoisotopic (exact) mass is 440 g/mol. The molecule has 5 nitrogen and oxygen atoms in total. The lowest BCUT2D eigenvalue weighted by Gasteiger charge is -2.17. The molecule has 152 valence electrons. The van der Waals surface area contributed by atoms with Crippen molar-refractivity contribution in [2.75, 3.05) is 16.8 Å². The van der Waals surface area contributed by atoms with Crippen molar-refractivity contribution >= 4 is 46.4 Å². The highest BCUT2D eigenvalue weighted by molar-refractivity contribution is 6.42. The minimum absolute atomic E-state index is 0.0963. The summed E-state index contributed by atoms with van der Waals surface area (Å²) in [6.45, 7) is 0.310. The van der Waals surface area contributed by atoms with E-state index < -0.39 is 5.92 Å². The number of rotatable bonds is 5. The quantitative estimate of drug-likeness (QED) is 0.546. The van der Waals surface area contributed by atoms with Crippen molar-refractivity contribution in [1.82, 2.24) is 0 Å². The van der Waals surface area contributed by atoms with Gasteiger partial charge in [0.2, 0.25) is 11.8 Å². The molecular weight excluding hydrogens is 423 g/mol. The standard InChI is InChI=1S/C23H18Cl2N2O3/c24-20-11-6-16(13-21(20)25)26-23(29)15-12-22(28)27(14-15)17-7-9-19(10-8-17)30-18-4-2-1-3-5-18/h1-11,13,15H,12,14H2,(H,26,29)/t15-/m1/s1. The fourth-order valence-corrected chi connectivity index (χ4v) is 3.57. The Morgan fingerprint density at radius 2 is 1.63 bits per heavy atom. The summed E-state index contributed by atoms with van der Waals surface area (Å²) in [4.78, 5) is 26.7. The highest BCUT2D eigenvalue weighted by atomic mass is 35.5. The molecule has 1 fully saturated rings. The Balaban J connectivity index is 1.40. The Hall–Kier alpha value is -3.02. The number of hydrogen-bond donors (Lipinski definition) is 1. The number of carbonyl (C=O) groups excluding carboxylic acids is 2. The zero-order valence-corrected chi connectivity index (χ0v) is 17.4. The average molecular weight is 441 g/mol. The van der Waals surface area contributed by atoms with Crippen LogP contribution in [0.25, 0.3) is 0 Å². The van der Waals surface area contributed by atoms with Gasteiger partial charge >= 0.3 is 0 Å². The van der Waals surface area contributed by atoms with E-state index in [4.69, 9.17) is 27.9 Å². The molecule has 0 spiro atoms. The first-order valence-electron chi connectivity index (χ1n) is 9.39. The van der Waals surface area contributed by atoms with Gasteiger partial charge in [-0.1, -0.05) is 41.4 Å². The van der Waals surface area contributed by atoms with Gasteiger partial charge in [0, 0.05) is 24.3 Å². The number of nitrogens with one attached hydrogen (secondary N) is 1. The van der Waals surface area contributed by atoms with E-state index in [0.29, 0.717) is 28.0 Å². The smallest absolute Gasteiger partial charge is 0.229 e. The van der Waals surface area contributed by atoms with Crippen LogP contribution in [0.15, 0.2) is 72.8 Å². The number of nitrogens with zero attached hydrogens (tertiary/aromatic N) is 1. The highest BCUT2D eigenvalue weighted by Gasteiger charge is 2.35. The van der Waals surface area contributed by atoms with E-state index in [1.807, 2.05) is 42.5 Å². The molecule has 1 atom stereocenters. The van der Waals surface area contributed by atoms with Crippen LogP contribution in [-0.2, 0) is 9.59 Å². The number of benzene rings is 3. The summed E-state index contributed by atoms with van der Waals surface area (Å²) in [5.74, 6) is 0.633. The summed E-state index contributed by atoms with van der Waals surface area (Å²) < 4.78 is 5.78. The number of para-hydroxylation sites is 1. The number of ether oxygens (including phenoxy) is 1. The summed E-state index contributed by atoms with van der Waals surface area (Å²) in [5, 5.41) is 3.57. The van der Waals surface area contributed by atoms with Crippen LogP contribution in [-0.4, -0.2) is 18.4 Å². The van der Waals surface area contributed by atoms with E-state index in [9.17, 15) is 9.59 Å². The van der Waals surface area contributed by atoms with Crippen LogP contribution < -0.4 is 15.0 Å². The zero-order chi connectivity index (χ0) is 21.1. The van der Waals surface area contributed by atoms with Gasteiger partial charge < -0.3 is 15.0 Å². The molecule has 30 heavy (non-hydrogen) atoms. The minimum Gasteiger partial charge on any atom is -0.457 e. The van der Waals surface area contributed by atoms with Gasteiger partial charge in [0.15, 0.2) is 0 Å². The number of anilines is 2. The molecule has 1 N–H and O–H groups in total. The summed E-state index contributed by atoms with van der Waals surface area (Å²) >= 11 is 11.9. The lowest BCUT2D eigenvalue weighted by atomic mass is 10.1. The van der Waals surface area contributed by atoms with Crippen LogP contribution in [0.3, 0.4) is 0 Å². The van der Waals surface area contributed by atoms with E-state index >= 15 is 0 Å². The van der Waals surface area contributed by atoms with Crippen molar-refractivity contribution in [3.63, 3.8) is 0 Å². The van der Waals surface area contributed by atoms with E-state index in [2.05, 4.69) is 5.32 Å². The number of halogens is 2. The Bertz CT molecular complexity index is 1070. The van der Waals surface area contributed by atoms with Gasteiger partial charge in [-0.25, -0.2) is 0 Å². The van der Waals surface area contributed by atoms with Crippen LogP contribution in [0.4, 0.5) is 11.4 Å². The van der Waals surface area contributed by atoms with Crippen molar-refractivity contribution in [1.29, 1.82) is 0 Å². The van der Waals surface area contributed by atoms with Crippen LogP contribution in [0, 0.1) is 5.92 Å². The van der Waals surface area contributed by atoms with Crippen LogP contribution in [0.5, 0.6) is 11.5 Å². The second-order valence-corrected chi connectivity index (χ2v) is 7.75. The van der Waals surface area contributed by atoms with Gasteiger partial charge in [-0.3, -0.25) is 9.59 Å². The first kappa shape index (κ1) is 20.3. The number of hydrogen-bond acceptors (Lipinski definition) is 3. The van der Waals surface area contributed by atoms with Gasteiger partial charge in [-0.2, -0.15) is 0 Å². The molecule has 3 aromatic carbocycles. The fourth-order valence-electron chi connectivity index (χ4n) is 3.27. The molecule has 0 radical (unpaired) electrons. The summed E-state index contributed by atoms with van der Waals surface area (Å²) in [6.07, 6.45) is 0.148. The topological polar surface area (TPSA) is 58.6 Å². The Morgan fingerprint density at radius 1 is 0.933 bits per heavy atom. The first-order chi connectivity index (χ1) is 14.5. The predicted molar refractivity (Wildman–Crippen MR) is 119 cm³/mol. The van der Waals surface area contributed by atoms with Gasteiger partial charge in [0.05, 0.1) is 16.0 Å². The van der Waals surface area contributed by atoms with Gasteiger partial charge in [-0.05, 0) is 54.6 Å². The molecule has 7 heteroatoms. The summed E-state index contributed by atoms with van der Waals surface area (Å²) in [7, 11) is 0. The SMILES string of the molecule is O=C(Nc1ccc(Cl)c(Cl)c1)[C@@H]1CC(=O)N(c2ccc(Oc3ccccc3)cc2)C1. The molecule has 1 saturated heterocycles. The lowest BCUT2D eigenvalue weighted by Crippen LogP contribution is -2.28. The Labute approximate surface area is 184 Å². The van der Waals surface area contributed by atoms with Crippen molar-refractivity contribution in [2.24, 2.45) is 5.92 Å². The minimum atomic E-state index is -0.452. The summed E-state index contributed by atoms with van der Waals surface area (Å²) in [6, 6.07) is 21.6. The molecule has 0 aromatic heterocycles. The Morgan fingerprint density at radius 3 is 2.33 bits per heavy atom. The average Bonchev–Trinajstić information content (AvgIpc) is 3.14. The highest BCUT2D eigenvalue weighted by Crippen LogP contribution is 2.30. The number of carbonyl (C=O) groups is 2. The van der Waals surface area contributed by atoms with E-state index in [1.165, 1.54) is 0 Å². The third-order valence-electron chi connectivity index (χ3n) is 4.81. The fraction of sp³-hybridized carbons (Fsp3) is 0.130.